The number of rotatable bonds is 4. The van der Waals surface area contributed by atoms with Gasteiger partial charge in [0.25, 0.3) is 5.69 Å². The first kappa shape index (κ1) is 15.7. The van der Waals surface area contributed by atoms with E-state index in [-0.39, 0.29) is 23.7 Å². The molecule has 1 aromatic heterocycles. The minimum absolute atomic E-state index is 0.103. The molecule has 24 heavy (non-hydrogen) atoms. The van der Waals surface area contributed by atoms with E-state index in [2.05, 4.69) is 0 Å². The summed E-state index contributed by atoms with van der Waals surface area (Å²) < 4.78 is 20.0. The first-order valence-corrected chi connectivity index (χ1v) is 7.25. The van der Waals surface area contributed by atoms with Gasteiger partial charge >= 0.3 is 5.97 Å². The molecule has 7 heteroatoms. The number of carbonyl (C=O) groups excluding carboxylic acids is 1. The van der Waals surface area contributed by atoms with E-state index in [1.807, 2.05) is 0 Å². The molecule has 0 spiro atoms. The molecule has 3 aromatic rings. The van der Waals surface area contributed by atoms with Gasteiger partial charge in [0, 0.05) is 11.5 Å². The van der Waals surface area contributed by atoms with Crippen LogP contribution in [-0.4, -0.2) is 22.1 Å². The molecular formula is C17H13FN2O4. The van der Waals surface area contributed by atoms with Gasteiger partial charge in [-0.25, -0.2) is 9.18 Å². The van der Waals surface area contributed by atoms with Crippen LogP contribution in [0.15, 0.2) is 48.5 Å². The molecule has 0 aliphatic heterocycles. The van der Waals surface area contributed by atoms with Crippen molar-refractivity contribution in [3.63, 3.8) is 0 Å². The van der Waals surface area contributed by atoms with Crippen molar-refractivity contribution in [3.05, 3.63) is 70.2 Å². The van der Waals surface area contributed by atoms with Gasteiger partial charge in [0.1, 0.15) is 17.2 Å². The van der Waals surface area contributed by atoms with Crippen LogP contribution in [0.5, 0.6) is 0 Å². The summed E-state index contributed by atoms with van der Waals surface area (Å²) in [7, 11) is 0. The van der Waals surface area contributed by atoms with Crippen LogP contribution in [0, 0.1) is 15.9 Å². The normalized spacial score (nSPS) is 10.8. The molecule has 0 aliphatic carbocycles. The summed E-state index contributed by atoms with van der Waals surface area (Å²) in [5, 5.41) is 11.8. The molecule has 0 radical (unpaired) electrons. The molecule has 0 bridgehead atoms. The maximum atomic E-state index is 13.5. The van der Waals surface area contributed by atoms with Crippen molar-refractivity contribution < 1.29 is 18.8 Å². The van der Waals surface area contributed by atoms with Gasteiger partial charge in [-0.3, -0.25) is 14.7 Å². The van der Waals surface area contributed by atoms with Gasteiger partial charge < -0.3 is 4.74 Å². The second-order valence-electron chi connectivity index (χ2n) is 5.03. The van der Waals surface area contributed by atoms with E-state index in [0.717, 1.165) is 0 Å². The van der Waals surface area contributed by atoms with Crippen molar-refractivity contribution in [1.29, 1.82) is 0 Å². The fourth-order valence-electron chi connectivity index (χ4n) is 2.61. The molecule has 6 nitrogen and oxygen atoms in total. The summed E-state index contributed by atoms with van der Waals surface area (Å²) in [6, 6.07) is 11.5. The minimum atomic E-state index is -0.632. The number of hydrogen-bond acceptors (Lipinski definition) is 4. The van der Waals surface area contributed by atoms with Gasteiger partial charge in [-0.1, -0.05) is 12.1 Å². The number of ether oxygens (including phenoxy) is 1. The third-order valence-corrected chi connectivity index (χ3v) is 3.57. The van der Waals surface area contributed by atoms with E-state index < -0.39 is 16.7 Å². The third-order valence-electron chi connectivity index (χ3n) is 3.57. The lowest BCUT2D eigenvalue weighted by Crippen LogP contribution is -2.12. The van der Waals surface area contributed by atoms with Crippen LogP contribution in [0.3, 0.4) is 0 Å². The predicted molar refractivity (Wildman–Crippen MR) is 85.8 cm³/mol. The van der Waals surface area contributed by atoms with Crippen LogP contribution in [-0.2, 0) is 4.74 Å². The molecule has 0 aliphatic rings. The maximum absolute atomic E-state index is 13.5. The van der Waals surface area contributed by atoms with E-state index in [0.29, 0.717) is 10.9 Å². The van der Waals surface area contributed by atoms with Gasteiger partial charge in [-0.2, -0.15) is 0 Å². The standard InChI is InChI=1S/C17H13FN2O4/c1-2-24-17(21)16-10-11-9-12(18)7-8-13(11)19(16)14-5-3-4-6-15(14)20(22)23/h3-10H,2H2,1H3. The quantitative estimate of drug-likeness (QED) is 0.414. The number of nitro groups is 1. The number of benzene rings is 2. The highest BCUT2D eigenvalue weighted by molar-refractivity contribution is 5.97. The van der Waals surface area contributed by atoms with E-state index in [4.69, 9.17) is 4.74 Å². The Morgan fingerprint density at radius 3 is 2.71 bits per heavy atom. The SMILES string of the molecule is CCOC(=O)c1cc2cc(F)ccc2n1-c1ccccc1[N+](=O)[O-]. The number of hydrogen-bond donors (Lipinski definition) is 0. The minimum Gasteiger partial charge on any atom is -0.461 e. The maximum Gasteiger partial charge on any atom is 0.355 e. The Balaban J connectivity index is 2.35. The van der Waals surface area contributed by atoms with Crippen molar-refractivity contribution >= 4 is 22.6 Å². The molecule has 0 atom stereocenters. The zero-order valence-corrected chi connectivity index (χ0v) is 12.7. The zero-order valence-electron chi connectivity index (χ0n) is 12.7. The monoisotopic (exact) mass is 328 g/mol. The van der Waals surface area contributed by atoms with Crippen LogP contribution in [0.25, 0.3) is 16.6 Å². The molecule has 1 heterocycles. The second-order valence-corrected chi connectivity index (χ2v) is 5.03. The van der Waals surface area contributed by atoms with E-state index >= 15 is 0 Å². The van der Waals surface area contributed by atoms with Crippen LogP contribution in [0.4, 0.5) is 10.1 Å². The summed E-state index contributed by atoms with van der Waals surface area (Å²) in [5.41, 5.74) is 0.637. The summed E-state index contributed by atoms with van der Waals surface area (Å²) in [5.74, 6) is -1.09. The third kappa shape index (κ3) is 2.60. The number of nitro benzene ring substituents is 1. The Morgan fingerprint density at radius 1 is 1.25 bits per heavy atom. The van der Waals surface area contributed by atoms with Crippen molar-refractivity contribution in [2.45, 2.75) is 6.92 Å². The number of aromatic nitrogens is 1. The molecular weight excluding hydrogens is 315 g/mol. The molecule has 2 aromatic carbocycles. The molecule has 0 saturated heterocycles. The van der Waals surface area contributed by atoms with Crippen LogP contribution in [0.1, 0.15) is 17.4 Å². The Hall–Kier alpha value is -3.22. The molecule has 0 fully saturated rings. The topological polar surface area (TPSA) is 74.4 Å². The highest BCUT2D eigenvalue weighted by atomic mass is 19.1. The molecule has 0 unspecified atom stereocenters. The number of carbonyl (C=O) groups is 1. The van der Waals surface area contributed by atoms with Gasteiger partial charge in [0.05, 0.1) is 17.0 Å². The summed E-state index contributed by atoms with van der Waals surface area (Å²) in [6.07, 6.45) is 0. The van der Waals surface area contributed by atoms with Crippen molar-refractivity contribution in [2.75, 3.05) is 6.61 Å². The first-order valence-electron chi connectivity index (χ1n) is 7.25. The van der Waals surface area contributed by atoms with E-state index in [1.54, 1.807) is 13.0 Å². The Morgan fingerprint density at radius 2 is 2.00 bits per heavy atom. The molecule has 3 rings (SSSR count). The Bertz CT molecular complexity index is 949. The van der Waals surface area contributed by atoms with E-state index in [1.165, 1.54) is 47.0 Å². The molecule has 122 valence electrons. The summed E-state index contributed by atoms with van der Waals surface area (Å²) in [6.45, 7) is 1.82. The fourth-order valence-corrected chi connectivity index (χ4v) is 2.61. The Labute approximate surface area is 136 Å². The number of nitrogens with zero attached hydrogens (tertiary/aromatic N) is 2. The Kier molecular flexibility index (Phi) is 3.99. The number of fused-ring (bicyclic) bond motifs is 1. The lowest BCUT2D eigenvalue weighted by molar-refractivity contribution is -0.384. The zero-order chi connectivity index (χ0) is 17.3. The second kappa shape index (κ2) is 6.11. The van der Waals surface area contributed by atoms with Crippen molar-refractivity contribution in [3.8, 4) is 5.69 Å². The average molecular weight is 328 g/mol. The smallest absolute Gasteiger partial charge is 0.355 e. The lowest BCUT2D eigenvalue weighted by atomic mass is 10.2. The van der Waals surface area contributed by atoms with Gasteiger partial charge in [0.15, 0.2) is 0 Å². The van der Waals surface area contributed by atoms with Gasteiger partial charge in [-0.15, -0.1) is 0 Å². The van der Waals surface area contributed by atoms with Crippen LogP contribution < -0.4 is 0 Å². The highest BCUT2D eigenvalue weighted by Crippen LogP contribution is 2.30. The predicted octanol–water partition coefficient (Wildman–Crippen LogP) is 3.85. The summed E-state index contributed by atoms with van der Waals surface area (Å²) >= 11 is 0. The van der Waals surface area contributed by atoms with Crippen LogP contribution in [0.2, 0.25) is 0 Å². The number of halogens is 1. The largest absolute Gasteiger partial charge is 0.461 e. The average Bonchev–Trinajstić information content (AvgIpc) is 2.93. The van der Waals surface area contributed by atoms with Gasteiger partial charge in [0.2, 0.25) is 0 Å². The first-order chi connectivity index (χ1) is 11.5. The van der Waals surface area contributed by atoms with Gasteiger partial charge in [-0.05, 0) is 37.3 Å². The highest BCUT2D eigenvalue weighted by Gasteiger charge is 2.23. The molecule has 0 amide bonds. The summed E-state index contributed by atoms with van der Waals surface area (Å²) in [4.78, 5) is 23.1. The lowest BCUT2D eigenvalue weighted by Gasteiger charge is -2.10. The van der Waals surface area contributed by atoms with Crippen molar-refractivity contribution in [1.82, 2.24) is 4.57 Å². The fraction of sp³-hybridized carbons (Fsp3) is 0.118. The van der Waals surface area contributed by atoms with Crippen molar-refractivity contribution in [2.24, 2.45) is 0 Å². The van der Waals surface area contributed by atoms with Crippen LogP contribution >= 0.6 is 0 Å². The van der Waals surface area contributed by atoms with E-state index in [9.17, 15) is 19.3 Å². The number of para-hydroxylation sites is 2. The number of esters is 1. The molecule has 0 saturated carbocycles. The molecule has 0 N–H and O–H groups in total.